The largest absolute Gasteiger partial charge is 0.419 e. The second kappa shape index (κ2) is 8.71. The lowest BCUT2D eigenvalue weighted by atomic mass is 10.1. The van der Waals surface area contributed by atoms with Crippen molar-refractivity contribution in [3.8, 4) is 11.5 Å². The first-order valence-electron chi connectivity index (χ1n) is 8.66. The molecule has 0 aliphatic heterocycles. The molecule has 0 bridgehead atoms. The van der Waals surface area contributed by atoms with Crippen molar-refractivity contribution in [3.05, 3.63) is 69.8 Å². The fourth-order valence-electron chi connectivity index (χ4n) is 2.69. The Balaban J connectivity index is 1.76. The summed E-state index contributed by atoms with van der Waals surface area (Å²) in [5.74, 6) is -0.174. The molecule has 0 radical (unpaired) electrons. The first kappa shape index (κ1) is 20.3. The van der Waals surface area contributed by atoms with Gasteiger partial charge in [-0.2, -0.15) is 0 Å². The minimum Gasteiger partial charge on any atom is -0.419 e. The molecule has 0 spiro atoms. The van der Waals surface area contributed by atoms with Gasteiger partial charge < -0.3 is 9.32 Å². The van der Waals surface area contributed by atoms with Crippen LogP contribution < -0.4 is 0 Å². The van der Waals surface area contributed by atoms with Crippen molar-refractivity contribution in [1.82, 2.24) is 15.1 Å². The lowest BCUT2D eigenvalue weighted by Crippen LogP contribution is -2.37. The molecule has 28 heavy (non-hydrogen) atoms. The first-order valence-corrected chi connectivity index (χ1v) is 9.41. The van der Waals surface area contributed by atoms with Crippen molar-refractivity contribution >= 4 is 29.1 Å². The minimum absolute atomic E-state index is 0.114. The maximum absolute atomic E-state index is 14.0. The highest BCUT2D eigenvalue weighted by Gasteiger charge is 2.23. The summed E-state index contributed by atoms with van der Waals surface area (Å²) in [5, 5.41) is 8.86. The van der Waals surface area contributed by atoms with E-state index < -0.39 is 5.82 Å². The van der Waals surface area contributed by atoms with Crippen LogP contribution in [0.25, 0.3) is 11.5 Å². The lowest BCUT2D eigenvalue weighted by Gasteiger charge is -2.25. The highest BCUT2D eigenvalue weighted by molar-refractivity contribution is 6.31. The zero-order valence-corrected chi connectivity index (χ0v) is 16.8. The molecule has 1 heterocycles. The number of nitrogens with zero attached hydrogens (tertiary/aromatic N) is 3. The van der Waals surface area contributed by atoms with Gasteiger partial charge in [-0.1, -0.05) is 29.3 Å². The zero-order chi connectivity index (χ0) is 20.3. The van der Waals surface area contributed by atoms with Crippen LogP contribution in [0.1, 0.15) is 25.3 Å². The van der Waals surface area contributed by atoms with E-state index in [0.29, 0.717) is 10.9 Å². The quantitative estimate of drug-likeness (QED) is 0.551. The number of benzene rings is 2. The molecule has 0 fully saturated rings. The molecular weight excluding hydrogens is 404 g/mol. The Morgan fingerprint density at radius 1 is 1.14 bits per heavy atom. The number of carbonyl (C=O) groups is 1. The van der Waals surface area contributed by atoms with Gasteiger partial charge in [-0.3, -0.25) is 4.79 Å². The van der Waals surface area contributed by atoms with Crippen molar-refractivity contribution in [1.29, 1.82) is 0 Å². The Hall–Kier alpha value is -2.44. The van der Waals surface area contributed by atoms with Crippen molar-refractivity contribution in [3.63, 3.8) is 0 Å². The van der Waals surface area contributed by atoms with Crippen LogP contribution in [-0.4, -0.2) is 27.0 Å². The molecule has 1 aromatic heterocycles. The van der Waals surface area contributed by atoms with Crippen LogP contribution in [0.15, 0.2) is 46.9 Å². The topological polar surface area (TPSA) is 59.2 Å². The van der Waals surface area contributed by atoms with E-state index in [0.717, 1.165) is 5.56 Å². The van der Waals surface area contributed by atoms with Crippen molar-refractivity contribution in [2.45, 2.75) is 32.9 Å². The van der Waals surface area contributed by atoms with Crippen LogP contribution in [-0.2, 0) is 17.8 Å². The van der Waals surface area contributed by atoms with E-state index in [4.69, 9.17) is 27.6 Å². The third-order valence-electron chi connectivity index (χ3n) is 4.20. The minimum atomic E-state index is -0.507. The van der Waals surface area contributed by atoms with Crippen LogP contribution in [0.5, 0.6) is 0 Å². The summed E-state index contributed by atoms with van der Waals surface area (Å²) >= 11 is 11.9. The van der Waals surface area contributed by atoms with Gasteiger partial charge in [-0.25, -0.2) is 4.39 Å². The molecule has 0 N–H and O–H groups in total. The van der Waals surface area contributed by atoms with E-state index in [1.807, 2.05) is 13.8 Å². The van der Waals surface area contributed by atoms with E-state index in [1.54, 1.807) is 35.2 Å². The third kappa shape index (κ3) is 4.69. The highest BCUT2D eigenvalue weighted by atomic mass is 35.5. The van der Waals surface area contributed by atoms with Gasteiger partial charge in [0.25, 0.3) is 0 Å². The van der Waals surface area contributed by atoms with Crippen molar-refractivity contribution in [2.75, 3.05) is 0 Å². The molecule has 2 aromatic carbocycles. The molecule has 0 atom stereocenters. The summed E-state index contributed by atoms with van der Waals surface area (Å²) in [6, 6.07) is 11.2. The molecule has 0 aliphatic carbocycles. The molecule has 0 aliphatic rings. The second-order valence-electron chi connectivity index (χ2n) is 6.50. The number of aromatic nitrogens is 2. The third-order valence-corrected chi connectivity index (χ3v) is 4.80. The van der Waals surface area contributed by atoms with Gasteiger partial charge in [0.05, 0.1) is 13.0 Å². The molecule has 0 unspecified atom stereocenters. The van der Waals surface area contributed by atoms with E-state index in [1.165, 1.54) is 12.1 Å². The summed E-state index contributed by atoms with van der Waals surface area (Å²) in [6.07, 6.45) is -0.151. The van der Waals surface area contributed by atoms with E-state index in [-0.39, 0.29) is 41.4 Å². The Bertz CT molecular complexity index is 954. The van der Waals surface area contributed by atoms with Crippen molar-refractivity contribution < 1.29 is 13.6 Å². The number of amides is 1. The monoisotopic (exact) mass is 421 g/mol. The Kier molecular flexibility index (Phi) is 6.31. The van der Waals surface area contributed by atoms with Crippen LogP contribution in [0.2, 0.25) is 10.0 Å². The van der Waals surface area contributed by atoms with E-state index in [2.05, 4.69) is 10.2 Å². The summed E-state index contributed by atoms with van der Waals surface area (Å²) in [4.78, 5) is 14.3. The number of halogens is 3. The molecule has 1 amide bonds. The predicted octanol–water partition coefficient (Wildman–Crippen LogP) is 5.16. The van der Waals surface area contributed by atoms with Gasteiger partial charge in [0, 0.05) is 27.2 Å². The average Bonchev–Trinajstić information content (AvgIpc) is 3.12. The van der Waals surface area contributed by atoms with Crippen LogP contribution >= 0.6 is 23.2 Å². The van der Waals surface area contributed by atoms with Gasteiger partial charge in [0.1, 0.15) is 5.82 Å². The van der Waals surface area contributed by atoms with Crippen LogP contribution in [0, 0.1) is 5.82 Å². The lowest BCUT2D eigenvalue weighted by molar-refractivity contribution is -0.133. The number of hydrogen-bond acceptors (Lipinski definition) is 4. The smallest absolute Gasteiger partial charge is 0.247 e. The molecular formula is C20H18Cl2FN3O2. The molecule has 8 heteroatoms. The van der Waals surface area contributed by atoms with Gasteiger partial charge in [-0.05, 0) is 50.2 Å². The first-order chi connectivity index (χ1) is 13.3. The molecule has 5 nitrogen and oxygen atoms in total. The standard InChI is InChI=1S/C20H18Cl2FN3O2/c1-12(2)26(19(27)10-15-16(22)4-3-5-17(15)23)11-18-24-25-20(28-18)13-6-8-14(21)9-7-13/h3-9,12H,10-11H2,1-2H3. The summed E-state index contributed by atoms with van der Waals surface area (Å²) < 4.78 is 19.7. The zero-order valence-electron chi connectivity index (χ0n) is 15.3. The molecule has 146 valence electrons. The number of rotatable bonds is 6. The molecule has 3 rings (SSSR count). The fourth-order valence-corrected chi connectivity index (χ4v) is 3.04. The summed E-state index contributed by atoms with van der Waals surface area (Å²) in [5.41, 5.74) is 0.899. The highest BCUT2D eigenvalue weighted by Crippen LogP contribution is 2.23. The van der Waals surface area contributed by atoms with E-state index in [9.17, 15) is 9.18 Å². The SMILES string of the molecule is CC(C)N(Cc1nnc(-c2ccc(Cl)cc2)o1)C(=O)Cc1c(F)cccc1Cl. The summed E-state index contributed by atoms with van der Waals surface area (Å²) in [7, 11) is 0. The molecule has 0 saturated heterocycles. The van der Waals surface area contributed by atoms with E-state index >= 15 is 0 Å². The molecule has 0 saturated carbocycles. The van der Waals surface area contributed by atoms with Crippen molar-refractivity contribution in [2.24, 2.45) is 0 Å². The van der Waals surface area contributed by atoms with Gasteiger partial charge in [0.15, 0.2) is 0 Å². The average molecular weight is 422 g/mol. The maximum atomic E-state index is 14.0. The normalized spacial score (nSPS) is 11.1. The second-order valence-corrected chi connectivity index (χ2v) is 7.34. The van der Waals surface area contributed by atoms with Gasteiger partial charge >= 0.3 is 0 Å². The van der Waals surface area contributed by atoms with Crippen LogP contribution in [0.3, 0.4) is 0 Å². The fraction of sp³-hybridized carbons (Fsp3) is 0.250. The summed E-state index contributed by atoms with van der Waals surface area (Å²) in [6.45, 7) is 3.83. The Morgan fingerprint density at radius 3 is 2.50 bits per heavy atom. The molecule has 3 aromatic rings. The Morgan fingerprint density at radius 2 is 1.86 bits per heavy atom. The van der Waals surface area contributed by atoms with Crippen LogP contribution in [0.4, 0.5) is 4.39 Å². The van der Waals surface area contributed by atoms with Gasteiger partial charge in [-0.15, -0.1) is 10.2 Å². The Labute approximate surface area is 172 Å². The number of hydrogen-bond donors (Lipinski definition) is 0. The maximum Gasteiger partial charge on any atom is 0.247 e. The van der Waals surface area contributed by atoms with Gasteiger partial charge in [0.2, 0.25) is 17.7 Å². The predicted molar refractivity (Wildman–Crippen MR) is 106 cm³/mol. The number of carbonyl (C=O) groups excluding carboxylic acids is 1.